The van der Waals surface area contributed by atoms with E-state index in [0.717, 1.165) is 23.2 Å². The second-order valence-electron chi connectivity index (χ2n) is 18.2. The molecule has 0 spiro atoms. The molecule has 4 unspecified atom stereocenters. The van der Waals surface area contributed by atoms with E-state index in [1.54, 1.807) is 42.5 Å². The number of thioether (sulfide) groups is 2. The highest BCUT2D eigenvalue weighted by Crippen LogP contribution is 2.71. The number of para-hydroxylation sites is 3. The number of nitrogens with one attached hydrogen (secondary N) is 5. The number of H-pyrrole nitrogens is 1. The maximum Gasteiger partial charge on any atom is 0.490 e. The van der Waals surface area contributed by atoms with Gasteiger partial charge in [0.15, 0.2) is 52.9 Å². The smallest absolute Gasteiger partial charge is 0.439 e. The Morgan fingerprint density at radius 1 is 0.663 bits per heavy atom. The molecular weight excluding hydrogens is 1320 g/mol. The Balaban J connectivity index is 0.958. The zero-order valence-electron chi connectivity index (χ0n) is 45.2. The van der Waals surface area contributed by atoms with Crippen LogP contribution < -0.4 is 32.5 Å². The van der Waals surface area contributed by atoms with Crippen LogP contribution in [0.2, 0.25) is 0 Å². The molecule has 89 heavy (non-hydrogen) atoms. The van der Waals surface area contributed by atoms with Gasteiger partial charge in [0.05, 0.1) is 26.0 Å². The van der Waals surface area contributed by atoms with Crippen molar-refractivity contribution in [3.05, 3.63) is 130 Å². The fraction of sp³-hybridized carbons (Fsp3) is 0.348. The lowest BCUT2D eigenvalue weighted by molar-refractivity contribution is -0.129. The molecule has 3 aromatic carbocycles. The summed E-state index contributed by atoms with van der Waals surface area (Å²) in [5, 5.41) is 21.6. The molecule has 3 aromatic heterocycles. The minimum Gasteiger partial charge on any atom is -0.439 e. The van der Waals surface area contributed by atoms with Crippen molar-refractivity contribution in [2.24, 2.45) is 0 Å². The number of amides is 3. The first kappa shape index (κ1) is 68.3. The van der Waals surface area contributed by atoms with E-state index in [9.17, 15) is 80.1 Å². The monoisotopic (exact) mass is 1370 g/mol. The van der Waals surface area contributed by atoms with E-state index in [1.165, 1.54) is 60.3 Å². The number of phosphoric acid groups is 4. The number of aromatic nitrogens is 6. The van der Waals surface area contributed by atoms with Crippen LogP contribution >= 0.6 is 54.8 Å². The molecule has 6 aromatic rings. The van der Waals surface area contributed by atoms with Gasteiger partial charge in [-0.3, -0.25) is 43.9 Å². The Hall–Kier alpha value is -6.57. The minimum atomic E-state index is -6.53. The van der Waals surface area contributed by atoms with Crippen molar-refractivity contribution >= 4 is 107 Å². The molecule has 43 heteroatoms. The third kappa shape index (κ3) is 19.7. The number of carbonyl (C=O) groups is 3. The van der Waals surface area contributed by atoms with Gasteiger partial charge in [0.1, 0.15) is 18.3 Å². The minimum absolute atomic E-state index is 0.0199. The number of aliphatic hydroxyl groups excluding tert-OH is 1. The number of rotatable bonds is 27. The number of ether oxygens (including phenoxy) is 5. The summed E-state index contributed by atoms with van der Waals surface area (Å²) in [7, 11) is -25.3. The summed E-state index contributed by atoms with van der Waals surface area (Å²) in [6, 6.07) is 23.7. The van der Waals surface area contributed by atoms with Crippen molar-refractivity contribution in [3.8, 4) is 0 Å². The summed E-state index contributed by atoms with van der Waals surface area (Å²) in [5.74, 6) is 0.0938. The summed E-state index contributed by atoms with van der Waals surface area (Å²) >= 11 is 2.08. The number of aromatic amines is 1. The predicted molar refractivity (Wildman–Crippen MR) is 304 cm³/mol. The lowest BCUT2D eigenvalue weighted by atomic mass is 10.1. The number of halogens is 3. The summed E-state index contributed by atoms with van der Waals surface area (Å²) in [5.41, 5.74) is -1.67. The quantitative estimate of drug-likeness (QED) is 0.00844. The van der Waals surface area contributed by atoms with Gasteiger partial charge in [-0.25, -0.2) is 52.4 Å². The highest BCUT2D eigenvalue weighted by molar-refractivity contribution is 7.99. The van der Waals surface area contributed by atoms with Gasteiger partial charge in [-0.2, -0.15) is 37.9 Å². The third-order valence-electron chi connectivity index (χ3n) is 11.8. The molecule has 34 nitrogen and oxygen atoms in total. The van der Waals surface area contributed by atoms with Crippen LogP contribution in [-0.2, 0) is 63.9 Å². The number of benzene rings is 3. The Labute approximate surface area is 506 Å². The lowest BCUT2D eigenvalue weighted by Crippen LogP contribution is -2.44. The number of aliphatic hydroxyl groups is 1. The number of anilines is 4. The molecule has 8 rings (SSSR count). The van der Waals surface area contributed by atoms with Gasteiger partial charge in [-0.1, -0.05) is 66.4 Å². The number of hydrogen-bond donors (Lipinski definition) is 10. The van der Waals surface area contributed by atoms with Crippen LogP contribution in [0.4, 0.5) is 50.4 Å². The first-order valence-electron chi connectivity index (χ1n) is 25.3. The van der Waals surface area contributed by atoms with Crippen LogP contribution in [-0.4, -0.2) is 152 Å². The molecule has 0 aliphatic carbocycles. The fourth-order valence-electron chi connectivity index (χ4n) is 8.15. The van der Waals surface area contributed by atoms with E-state index in [0.29, 0.717) is 28.6 Å². The van der Waals surface area contributed by atoms with Crippen LogP contribution in [0.25, 0.3) is 11.2 Å². The van der Waals surface area contributed by atoms with Crippen molar-refractivity contribution in [3.63, 3.8) is 0 Å². The molecule has 482 valence electrons. The van der Waals surface area contributed by atoms with E-state index < -0.39 is 141 Å². The van der Waals surface area contributed by atoms with Crippen molar-refractivity contribution in [1.29, 1.82) is 0 Å². The first-order valence-corrected chi connectivity index (χ1v) is 33.7. The molecule has 10 N–H and O–H groups in total. The Kier molecular flexibility index (Phi) is 22.7. The van der Waals surface area contributed by atoms with Crippen LogP contribution in [0, 0.1) is 0 Å². The van der Waals surface area contributed by atoms with Gasteiger partial charge in [0.25, 0.3) is 5.56 Å². The average Bonchev–Trinajstić information content (AvgIpc) is 1.67. The molecular formula is C46H51F3N10O24P4S2. The van der Waals surface area contributed by atoms with Gasteiger partial charge in [0.2, 0.25) is 0 Å². The van der Waals surface area contributed by atoms with Crippen LogP contribution in [0.1, 0.15) is 18.9 Å². The van der Waals surface area contributed by atoms with E-state index in [-0.39, 0.29) is 39.2 Å². The fourth-order valence-corrected chi connectivity index (χ4v) is 14.2. The molecule has 3 amide bonds. The van der Waals surface area contributed by atoms with Gasteiger partial charge in [0, 0.05) is 47.4 Å². The lowest BCUT2D eigenvalue weighted by Gasteiger charge is -2.25. The topological polar surface area (TPSA) is 460 Å². The molecule has 2 saturated heterocycles. The van der Waals surface area contributed by atoms with Crippen molar-refractivity contribution < 1.29 is 116 Å². The van der Waals surface area contributed by atoms with Gasteiger partial charge < -0.3 is 53.7 Å². The summed E-state index contributed by atoms with van der Waals surface area (Å²) in [6.45, 7) is -2.42. The van der Waals surface area contributed by atoms with E-state index in [4.69, 9.17) is 32.7 Å². The Bertz CT molecular complexity index is 3780. The molecule has 0 bridgehead atoms. The average molecular weight is 1370 g/mol. The second kappa shape index (κ2) is 29.6. The van der Waals surface area contributed by atoms with Crippen molar-refractivity contribution in [1.82, 2.24) is 29.1 Å². The number of imidazole rings is 1. The maximum absolute atomic E-state index is 13.3. The largest absolute Gasteiger partial charge is 0.490 e. The second-order valence-corrected chi connectivity index (χ2v) is 26.5. The number of alkyl halides is 3. The van der Waals surface area contributed by atoms with Crippen molar-refractivity contribution in [2.75, 3.05) is 58.8 Å². The SMILES string of the molecule is CSCCNc1nc(SCCC(F)(F)F)nc2c1ncn2[C@@H]1O[C@H](COP(=O)(O)OP(=O)(O)OP(=O)(O)OP(=O)(O)OC[C@H]2O[C@@H](n3ccc(=O)[nH]c3=O)[C@H](OC(=O)Nc3ccccc3)[C@@H]2OC(=O)Nc2ccccc2)[C@@H](O)[C@H]1OC(=O)Nc1ccccc1. The van der Waals surface area contributed by atoms with Crippen LogP contribution in [0.15, 0.2) is 124 Å². The van der Waals surface area contributed by atoms with Gasteiger partial charge in [-0.05, 0) is 42.7 Å². The van der Waals surface area contributed by atoms with Crippen LogP contribution in [0.3, 0.4) is 0 Å². The number of phosphoric ester groups is 2. The molecule has 12 atom stereocenters. The van der Waals surface area contributed by atoms with Gasteiger partial charge in [-0.15, -0.1) is 0 Å². The summed E-state index contributed by atoms with van der Waals surface area (Å²) in [6.07, 6.45) is -21.0. The standard InChI is InChI=1S/C46H51F3N10O24P4S2/c1-88-22-19-50-37-32-38(57-41(56-37)89-21-18-46(47,48)49)59(25-51-32)39-35(79-44(64)53-27-13-7-3-8-14-27)33(61)29(76-39)23-74-84(66,67)81-86(70,71)83-87(72,73)82-85(68,69)75-24-30-34(78-43(63)52-26-11-5-2-6-12-26)36(80-45(65)54-28-15-9-4-10-16-28)40(77-30)58-20-17-31(60)55-42(58)62/h2-17,20,25,29-30,33-36,39-40,61H,18-19,21-24H2,1H3,(H,52,63)(H,53,64)(H,54,65)(H,66,67)(H,68,69)(H,70,71)(H,72,73)(H,50,56,57)(H,55,60,62)/t29-,30-,33-,34-,35-,36-,39-,40-/m1/s1. The molecule has 0 saturated carbocycles. The van der Waals surface area contributed by atoms with Crippen molar-refractivity contribution in [2.45, 2.75) is 66.8 Å². The van der Waals surface area contributed by atoms with E-state index >= 15 is 0 Å². The summed E-state index contributed by atoms with van der Waals surface area (Å²) in [4.78, 5) is 122. The molecule has 2 fully saturated rings. The molecule has 0 radical (unpaired) electrons. The Morgan fingerprint density at radius 3 is 1.66 bits per heavy atom. The number of fused-ring (bicyclic) bond motifs is 1. The van der Waals surface area contributed by atoms with Crippen LogP contribution in [0.5, 0.6) is 0 Å². The van der Waals surface area contributed by atoms with E-state index in [1.807, 2.05) is 11.2 Å². The zero-order valence-corrected chi connectivity index (χ0v) is 50.4. The normalized spacial score (nSPS) is 22.8. The third-order valence-corrected chi connectivity index (χ3v) is 19.2. The number of hydrogen-bond acceptors (Lipinski definition) is 26. The van der Waals surface area contributed by atoms with E-state index in [2.05, 4.69) is 49.2 Å². The number of nitrogens with zero attached hydrogens (tertiary/aromatic N) is 5. The first-order chi connectivity index (χ1) is 42.1. The molecule has 2 aliphatic heterocycles. The molecule has 2 aliphatic rings. The number of carbonyl (C=O) groups excluding carboxylic acids is 3. The zero-order chi connectivity index (χ0) is 64.3. The van der Waals surface area contributed by atoms with Gasteiger partial charge >= 0.3 is 61.4 Å². The Morgan fingerprint density at radius 2 is 1.15 bits per heavy atom. The summed E-state index contributed by atoms with van der Waals surface area (Å²) < 4.78 is 144. The maximum atomic E-state index is 13.3. The molecule has 5 heterocycles. The highest BCUT2D eigenvalue weighted by Gasteiger charge is 2.54. The predicted octanol–water partition coefficient (Wildman–Crippen LogP) is 6.69. The highest BCUT2D eigenvalue weighted by atomic mass is 32.2.